The molecule has 0 bridgehead atoms. The number of aliphatic hydroxyl groups is 1. The van der Waals surface area contributed by atoms with Gasteiger partial charge in [0.15, 0.2) is 0 Å². The quantitative estimate of drug-likeness (QED) is 0.0477. The van der Waals surface area contributed by atoms with Gasteiger partial charge in [-0.25, -0.2) is 14.6 Å². The maximum absolute atomic E-state index is 13.0. The zero-order chi connectivity index (χ0) is 57.6. The molecular formula is C56H52Cl4I2N12O6. The van der Waals surface area contributed by atoms with Crippen LogP contribution in [0.5, 0.6) is 0 Å². The van der Waals surface area contributed by atoms with Crippen LogP contribution in [0.1, 0.15) is 97.2 Å². The molecule has 414 valence electrons. The first kappa shape index (κ1) is 61.1. The zero-order valence-corrected chi connectivity index (χ0v) is 51.0. The average molecular weight is 1380 g/mol. The molecule has 3 aromatic carbocycles. The Kier molecular flexibility index (Phi) is 21.9. The summed E-state index contributed by atoms with van der Waals surface area (Å²) < 4.78 is 14.5. The normalized spacial score (nSPS) is 11.2. The highest BCUT2D eigenvalue weighted by Crippen LogP contribution is 2.24. The van der Waals surface area contributed by atoms with Crippen LogP contribution in [0.25, 0.3) is 32.7 Å². The Morgan fingerprint density at radius 3 is 1.66 bits per heavy atom. The Hall–Kier alpha value is -6.54. The average Bonchev–Trinajstić information content (AvgIpc) is 4.17. The van der Waals surface area contributed by atoms with E-state index in [1.165, 1.54) is 6.20 Å². The second-order valence-electron chi connectivity index (χ2n) is 17.7. The van der Waals surface area contributed by atoms with Crippen molar-refractivity contribution in [2.75, 3.05) is 18.9 Å². The molecule has 1 amide bonds. The minimum atomic E-state index is -0.895. The van der Waals surface area contributed by atoms with E-state index in [-0.39, 0.29) is 17.8 Å². The first-order valence-corrected chi connectivity index (χ1v) is 28.4. The molecule has 0 aliphatic carbocycles. The molecule has 0 saturated heterocycles. The van der Waals surface area contributed by atoms with Gasteiger partial charge in [-0.15, -0.1) is 11.6 Å². The van der Waals surface area contributed by atoms with E-state index in [0.29, 0.717) is 89.4 Å². The first-order chi connectivity index (χ1) is 38.3. The second-order valence-corrected chi connectivity index (χ2v) is 21.3. The summed E-state index contributed by atoms with van der Waals surface area (Å²) >= 11 is 27.6. The van der Waals surface area contributed by atoms with Gasteiger partial charge in [0.25, 0.3) is 5.91 Å². The minimum Gasteiger partial charge on any atom is -0.462 e. The molecule has 5 N–H and O–H groups in total. The van der Waals surface area contributed by atoms with Crippen LogP contribution in [0.15, 0.2) is 116 Å². The van der Waals surface area contributed by atoms with Gasteiger partial charge < -0.3 is 25.6 Å². The number of ether oxygens (including phenoxy) is 2. The van der Waals surface area contributed by atoms with E-state index in [1.54, 1.807) is 67.2 Å². The van der Waals surface area contributed by atoms with E-state index in [1.807, 2.05) is 132 Å². The highest BCUT2D eigenvalue weighted by atomic mass is 127. The lowest BCUT2D eigenvalue weighted by molar-refractivity contribution is 0.0515. The molecule has 0 aliphatic heterocycles. The summed E-state index contributed by atoms with van der Waals surface area (Å²) in [5.74, 6) is -0.0299. The molecule has 0 spiro atoms. The lowest BCUT2D eigenvalue weighted by Crippen LogP contribution is -2.25. The number of hydrogen-bond donors (Lipinski definition) is 4. The Morgan fingerprint density at radius 1 is 0.700 bits per heavy atom. The van der Waals surface area contributed by atoms with Crippen molar-refractivity contribution in [3.8, 4) is 0 Å². The number of fused-ring (bicyclic) bond motifs is 3. The van der Waals surface area contributed by atoms with Crippen molar-refractivity contribution in [2.24, 2.45) is 0 Å². The Bertz CT molecular complexity index is 3810. The molecule has 18 nitrogen and oxygen atoms in total. The van der Waals surface area contributed by atoms with Gasteiger partial charge in [-0.05, 0) is 168 Å². The van der Waals surface area contributed by atoms with Gasteiger partial charge in [-0.1, -0.05) is 53.0 Å². The molecule has 1 atom stereocenters. The number of nitrogens with one attached hydrogen (secondary N) is 2. The summed E-state index contributed by atoms with van der Waals surface area (Å²) in [4.78, 5) is 52.9. The van der Waals surface area contributed by atoms with E-state index in [9.17, 15) is 19.5 Å². The van der Waals surface area contributed by atoms with Crippen molar-refractivity contribution in [3.05, 3.63) is 194 Å². The topological polar surface area (TPSA) is 244 Å². The number of nitrogens with two attached hydrogens (primary N) is 1. The predicted molar refractivity (Wildman–Crippen MR) is 328 cm³/mol. The summed E-state index contributed by atoms with van der Waals surface area (Å²) in [6, 6.07) is 25.1. The van der Waals surface area contributed by atoms with Crippen LogP contribution in [-0.4, -0.2) is 85.9 Å². The van der Waals surface area contributed by atoms with Gasteiger partial charge in [0.1, 0.15) is 30.0 Å². The number of aromatic nitrogens is 10. The van der Waals surface area contributed by atoms with Crippen LogP contribution in [0.3, 0.4) is 0 Å². The van der Waals surface area contributed by atoms with Gasteiger partial charge in [0.2, 0.25) is 0 Å². The van der Waals surface area contributed by atoms with Crippen LogP contribution in [0.4, 0.5) is 5.82 Å². The molecule has 7 aromatic heterocycles. The zero-order valence-electron chi connectivity index (χ0n) is 43.6. The number of alkyl halides is 1. The lowest BCUT2D eigenvalue weighted by atomic mass is 10.1. The molecule has 0 aliphatic rings. The number of halogens is 6. The SMILES string of the molecule is CCOC(=O)c1cn(Cc2ccc3ncc(Cl)cc3c2)nc1I.CCOC(=O)c1cn[nH]c1I.Cc1cc(N)nc(C)c1CNC(=O)c1cn(Cc2ccc3ncc(Cl)cc3c2)nc1C(C)O.ClCc1ccc2ncc(Cl)cc2c1. The molecule has 80 heavy (non-hydrogen) atoms. The lowest BCUT2D eigenvalue weighted by Gasteiger charge is -2.11. The number of aromatic amines is 1. The number of hydrogen-bond acceptors (Lipinski definition) is 14. The van der Waals surface area contributed by atoms with Crippen LogP contribution in [0, 0.1) is 21.2 Å². The number of esters is 2. The molecule has 0 fully saturated rings. The first-order valence-electron chi connectivity index (χ1n) is 24.5. The largest absolute Gasteiger partial charge is 0.462 e. The van der Waals surface area contributed by atoms with Gasteiger partial charge in [0.05, 0.1) is 75.8 Å². The maximum atomic E-state index is 13.0. The van der Waals surface area contributed by atoms with Gasteiger partial charge >= 0.3 is 11.9 Å². The fourth-order valence-electron chi connectivity index (χ4n) is 7.98. The van der Waals surface area contributed by atoms with Crippen LogP contribution < -0.4 is 11.1 Å². The molecular weight excluding hydrogens is 1330 g/mol. The third kappa shape index (κ3) is 16.5. The molecule has 1 unspecified atom stereocenters. The highest BCUT2D eigenvalue weighted by Gasteiger charge is 2.21. The Balaban J connectivity index is 0.000000169. The Labute approximate surface area is 507 Å². The van der Waals surface area contributed by atoms with E-state index in [0.717, 1.165) is 66.2 Å². The summed E-state index contributed by atoms with van der Waals surface area (Å²) in [5, 5.41) is 33.0. The smallest absolute Gasteiger partial charge is 0.342 e. The van der Waals surface area contributed by atoms with Crippen LogP contribution in [-0.2, 0) is 35.0 Å². The number of H-pyrrole nitrogens is 1. The van der Waals surface area contributed by atoms with Crippen molar-refractivity contribution >= 4 is 148 Å². The number of nitrogen functional groups attached to an aromatic ring is 1. The molecule has 0 radical (unpaired) electrons. The van der Waals surface area contributed by atoms with Crippen molar-refractivity contribution < 1.29 is 29.0 Å². The molecule has 24 heteroatoms. The summed E-state index contributed by atoms with van der Waals surface area (Å²) in [5.41, 5.74) is 15.8. The monoisotopic (exact) mass is 1380 g/mol. The maximum Gasteiger partial charge on any atom is 0.342 e. The van der Waals surface area contributed by atoms with E-state index >= 15 is 0 Å². The number of rotatable bonds is 13. The van der Waals surface area contributed by atoms with E-state index in [4.69, 9.17) is 61.6 Å². The fourth-order valence-corrected chi connectivity index (χ4v) is 9.78. The molecule has 10 rings (SSSR count). The number of anilines is 1. The van der Waals surface area contributed by atoms with E-state index in [2.05, 4.69) is 45.6 Å². The van der Waals surface area contributed by atoms with Crippen molar-refractivity contribution in [3.63, 3.8) is 0 Å². The van der Waals surface area contributed by atoms with E-state index < -0.39 is 6.10 Å². The number of nitrogens with zero attached hydrogens (tertiary/aromatic N) is 9. The number of benzene rings is 3. The number of amides is 1. The number of pyridine rings is 4. The summed E-state index contributed by atoms with van der Waals surface area (Å²) in [6.07, 6.45) is 8.81. The van der Waals surface area contributed by atoms with Crippen LogP contribution in [0.2, 0.25) is 15.1 Å². The van der Waals surface area contributed by atoms with Gasteiger partial charge in [0, 0.05) is 65.3 Å². The van der Waals surface area contributed by atoms with Crippen LogP contribution >= 0.6 is 91.6 Å². The summed E-state index contributed by atoms with van der Waals surface area (Å²) in [6.45, 7) is 10.9. The second kappa shape index (κ2) is 28.7. The number of aliphatic hydroxyl groups excluding tert-OH is 1. The Morgan fingerprint density at radius 2 is 1.19 bits per heavy atom. The standard InChI is InChI=1S/C24H25ClN6O2.C16H13ClIN3O2.C10H7Cl2N.C6H7IN2O2/c1-13-6-22(26)29-14(2)19(13)10-28-24(33)20-12-31(30-23(20)15(3)32)11-16-4-5-21-17(7-16)8-18(25)9-27-21;1-2-23-16(22)13-9-21(20-15(13)18)8-10-3-4-14-11(5-10)6-12(17)7-19-14;11-5-7-1-2-10-8(3-7)4-9(12)6-13-10;1-2-11-6(10)4-3-8-9-5(4)7/h4-9,12,15,32H,10-11H2,1-3H3,(H2,26,29)(H,28,33);3-7,9H,2,8H2,1H3;1-4,6H,5H2;3H,2H2,1H3,(H,8,9). The molecule has 10 aromatic rings. The predicted octanol–water partition coefficient (Wildman–Crippen LogP) is 12.4. The number of carbonyl (C=O) groups is 3. The van der Waals surface area contributed by atoms with Gasteiger partial charge in [-0.2, -0.15) is 15.3 Å². The number of carbonyl (C=O) groups excluding carboxylic acids is 3. The summed E-state index contributed by atoms with van der Waals surface area (Å²) in [7, 11) is 0. The molecule has 0 saturated carbocycles. The highest BCUT2D eigenvalue weighted by molar-refractivity contribution is 14.1. The van der Waals surface area contributed by atoms with Gasteiger partial charge in [-0.3, -0.25) is 34.2 Å². The minimum absolute atomic E-state index is 0.298. The van der Waals surface area contributed by atoms with Crippen molar-refractivity contribution in [1.82, 2.24) is 55.0 Å². The fraction of sp³-hybridized carbons (Fsp3) is 0.214. The molecule has 7 heterocycles. The van der Waals surface area contributed by atoms with Crippen molar-refractivity contribution in [2.45, 2.75) is 66.2 Å². The van der Waals surface area contributed by atoms with Crippen molar-refractivity contribution in [1.29, 1.82) is 0 Å². The number of aryl methyl sites for hydroxylation is 2. The third-order valence-corrected chi connectivity index (χ3v) is 14.3. The third-order valence-electron chi connectivity index (χ3n) is 11.7.